The largest absolute Gasteiger partial charge is 0.312 e. The van der Waals surface area contributed by atoms with Gasteiger partial charge in [-0.3, -0.25) is 0 Å². The molecule has 3 aliphatic rings. The Kier molecular flexibility index (Phi) is 3.21. The van der Waals surface area contributed by atoms with Crippen LogP contribution < -0.4 is 10.6 Å². The van der Waals surface area contributed by atoms with Crippen LogP contribution in [-0.2, 0) is 0 Å². The molecule has 2 saturated carbocycles. The molecule has 0 amide bonds. The van der Waals surface area contributed by atoms with Gasteiger partial charge in [0.2, 0.25) is 0 Å². The topological polar surface area (TPSA) is 24.1 Å². The molecule has 3 fully saturated rings. The van der Waals surface area contributed by atoms with Crippen LogP contribution in [-0.4, -0.2) is 24.7 Å². The second kappa shape index (κ2) is 4.66. The Labute approximate surface area is 99.6 Å². The third kappa shape index (κ3) is 2.28. The molecule has 0 bridgehead atoms. The van der Waals surface area contributed by atoms with Crippen molar-refractivity contribution in [2.75, 3.05) is 6.54 Å². The lowest BCUT2D eigenvalue weighted by molar-refractivity contribution is 0.236. The summed E-state index contributed by atoms with van der Waals surface area (Å²) < 4.78 is 0. The molecule has 2 nitrogen and oxygen atoms in total. The first-order chi connectivity index (χ1) is 7.81. The molecule has 0 aromatic rings. The van der Waals surface area contributed by atoms with Gasteiger partial charge < -0.3 is 10.6 Å². The number of nitrogens with one attached hydrogen (secondary N) is 2. The van der Waals surface area contributed by atoms with Gasteiger partial charge in [0, 0.05) is 24.7 Å². The molecule has 1 saturated heterocycles. The highest BCUT2D eigenvalue weighted by Gasteiger charge is 2.35. The van der Waals surface area contributed by atoms with E-state index >= 15 is 0 Å². The van der Waals surface area contributed by atoms with Crippen LogP contribution in [0.3, 0.4) is 0 Å². The van der Waals surface area contributed by atoms with Crippen molar-refractivity contribution in [2.24, 2.45) is 11.8 Å². The fraction of sp³-hybridized carbons (Fsp3) is 1.00. The van der Waals surface area contributed by atoms with Crippen LogP contribution in [0.25, 0.3) is 0 Å². The molecule has 2 N–H and O–H groups in total. The van der Waals surface area contributed by atoms with Crippen molar-refractivity contribution >= 4 is 0 Å². The van der Waals surface area contributed by atoms with Crippen LogP contribution in [0.5, 0.6) is 0 Å². The summed E-state index contributed by atoms with van der Waals surface area (Å²) in [4.78, 5) is 0. The lowest BCUT2D eigenvalue weighted by Gasteiger charge is -2.34. The summed E-state index contributed by atoms with van der Waals surface area (Å²) in [5, 5.41) is 7.58. The van der Waals surface area contributed by atoms with E-state index in [1.54, 1.807) is 0 Å². The molecule has 3 rings (SSSR count). The van der Waals surface area contributed by atoms with Crippen LogP contribution in [0.2, 0.25) is 0 Å². The van der Waals surface area contributed by atoms with Gasteiger partial charge in [0.05, 0.1) is 0 Å². The van der Waals surface area contributed by atoms with Gasteiger partial charge in [0.1, 0.15) is 0 Å². The molecule has 3 atom stereocenters. The van der Waals surface area contributed by atoms with Gasteiger partial charge in [-0.2, -0.15) is 0 Å². The molecule has 1 heterocycles. The highest BCUT2D eigenvalue weighted by molar-refractivity contribution is 4.94. The van der Waals surface area contributed by atoms with Crippen molar-refractivity contribution in [3.63, 3.8) is 0 Å². The Morgan fingerprint density at radius 2 is 1.94 bits per heavy atom. The predicted molar refractivity (Wildman–Crippen MR) is 67.5 cm³/mol. The van der Waals surface area contributed by atoms with Crippen molar-refractivity contribution in [1.82, 2.24) is 10.6 Å². The van der Waals surface area contributed by atoms with Gasteiger partial charge in [-0.1, -0.05) is 19.8 Å². The lowest BCUT2D eigenvalue weighted by atomic mass is 9.81. The summed E-state index contributed by atoms with van der Waals surface area (Å²) in [6.45, 7) is 3.57. The second-order valence-electron chi connectivity index (χ2n) is 6.43. The Balaban J connectivity index is 1.40. The summed E-state index contributed by atoms with van der Waals surface area (Å²) >= 11 is 0. The summed E-state index contributed by atoms with van der Waals surface area (Å²) in [5.41, 5.74) is 0. The summed E-state index contributed by atoms with van der Waals surface area (Å²) in [5.74, 6) is 1.97. The van der Waals surface area contributed by atoms with Gasteiger partial charge in [0.15, 0.2) is 0 Å². The van der Waals surface area contributed by atoms with Crippen molar-refractivity contribution in [3.8, 4) is 0 Å². The zero-order valence-corrected chi connectivity index (χ0v) is 10.5. The molecule has 3 unspecified atom stereocenters. The van der Waals surface area contributed by atoms with Crippen LogP contribution in [0.15, 0.2) is 0 Å². The molecule has 2 heteroatoms. The Bertz CT molecular complexity index is 221. The molecule has 16 heavy (non-hydrogen) atoms. The molecular weight excluding hydrogens is 196 g/mol. The monoisotopic (exact) mass is 222 g/mol. The SMILES string of the molecule is CC1CC(NCC2CC3CCCCC3N2)C1. The van der Waals surface area contributed by atoms with Gasteiger partial charge in [-0.25, -0.2) is 0 Å². The summed E-state index contributed by atoms with van der Waals surface area (Å²) in [6.07, 6.45) is 10.1. The minimum absolute atomic E-state index is 0.768. The van der Waals surface area contributed by atoms with E-state index in [2.05, 4.69) is 17.6 Å². The van der Waals surface area contributed by atoms with Crippen LogP contribution in [0, 0.1) is 11.8 Å². The fourth-order valence-electron chi connectivity index (χ4n) is 3.97. The number of hydrogen-bond acceptors (Lipinski definition) is 2. The average Bonchev–Trinajstić information content (AvgIpc) is 2.65. The minimum Gasteiger partial charge on any atom is -0.312 e. The molecule has 0 radical (unpaired) electrons. The van der Waals surface area contributed by atoms with E-state index in [9.17, 15) is 0 Å². The maximum absolute atomic E-state index is 3.85. The molecular formula is C14H26N2. The van der Waals surface area contributed by atoms with Crippen molar-refractivity contribution in [2.45, 2.75) is 70.0 Å². The summed E-state index contributed by atoms with van der Waals surface area (Å²) in [7, 11) is 0. The molecule has 92 valence electrons. The Morgan fingerprint density at radius 1 is 1.12 bits per heavy atom. The standard InChI is InChI=1S/C14H26N2/c1-10-6-12(7-10)15-9-13-8-11-4-2-3-5-14(11)16-13/h10-16H,2-9H2,1H3. The molecule has 2 aliphatic carbocycles. The van der Waals surface area contributed by atoms with E-state index in [-0.39, 0.29) is 0 Å². The summed E-state index contributed by atoms with van der Waals surface area (Å²) in [6, 6.07) is 2.46. The van der Waals surface area contributed by atoms with Crippen LogP contribution in [0.4, 0.5) is 0 Å². The molecule has 1 aliphatic heterocycles. The van der Waals surface area contributed by atoms with Gasteiger partial charge in [-0.05, 0) is 43.9 Å². The smallest absolute Gasteiger partial charge is 0.0198 e. The van der Waals surface area contributed by atoms with E-state index < -0.39 is 0 Å². The lowest BCUT2D eigenvalue weighted by Crippen LogP contribution is -2.46. The van der Waals surface area contributed by atoms with Gasteiger partial charge in [-0.15, -0.1) is 0 Å². The van der Waals surface area contributed by atoms with E-state index in [1.807, 2.05) is 0 Å². The quantitative estimate of drug-likeness (QED) is 0.765. The third-order valence-corrected chi connectivity index (χ3v) is 4.97. The first-order valence-electron chi connectivity index (χ1n) is 7.30. The van der Waals surface area contributed by atoms with Crippen LogP contribution in [0.1, 0.15) is 51.9 Å². The molecule has 0 aromatic heterocycles. The van der Waals surface area contributed by atoms with Gasteiger partial charge in [0.25, 0.3) is 0 Å². The first-order valence-corrected chi connectivity index (χ1v) is 7.30. The first kappa shape index (κ1) is 11.0. The van der Waals surface area contributed by atoms with E-state index in [4.69, 9.17) is 0 Å². The zero-order valence-electron chi connectivity index (χ0n) is 10.5. The van der Waals surface area contributed by atoms with Crippen molar-refractivity contribution in [1.29, 1.82) is 0 Å². The third-order valence-electron chi connectivity index (χ3n) is 4.97. The maximum Gasteiger partial charge on any atom is 0.0198 e. The van der Waals surface area contributed by atoms with E-state index in [0.29, 0.717) is 0 Å². The number of fused-ring (bicyclic) bond motifs is 1. The molecule has 0 aromatic carbocycles. The number of hydrogen-bond donors (Lipinski definition) is 2. The zero-order chi connectivity index (χ0) is 11.0. The average molecular weight is 222 g/mol. The molecule has 0 spiro atoms. The number of rotatable bonds is 3. The van der Waals surface area contributed by atoms with Crippen molar-refractivity contribution < 1.29 is 0 Å². The maximum atomic E-state index is 3.85. The minimum atomic E-state index is 0.768. The Hall–Kier alpha value is -0.0800. The van der Waals surface area contributed by atoms with Gasteiger partial charge >= 0.3 is 0 Å². The normalized spacial score (nSPS) is 47.4. The highest BCUT2D eigenvalue weighted by atomic mass is 15.1. The van der Waals surface area contributed by atoms with E-state index in [0.717, 1.165) is 30.0 Å². The van der Waals surface area contributed by atoms with E-state index in [1.165, 1.54) is 51.5 Å². The predicted octanol–water partition coefficient (Wildman–Crippen LogP) is 2.30. The van der Waals surface area contributed by atoms with Crippen LogP contribution >= 0.6 is 0 Å². The second-order valence-corrected chi connectivity index (χ2v) is 6.43. The van der Waals surface area contributed by atoms with Crippen molar-refractivity contribution in [3.05, 3.63) is 0 Å². The highest BCUT2D eigenvalue weighted by Crippen LogP contribution is 2.33. The fourth-order valence-corrected chi connectivity index (χ4v) is 3.97. The Morgan fingerprint density at radius 3 is 2.69 bits per heavy atom.